The van der Waals surface area contributed by atoms with Crippen molar-refractivity contribution < 1.29 is 14.7 Å². The number of aliphatic hydroxyl groups excluding tert-OH is 1. The van der Waals surface area contributed by atoms with Crippen LogP contribution in [-0.4, -0.2) is 82.1 Å². The first-order valence-electron chi connectivity index (χ1n) is 22.2. The molecule has 54 heavy (non-hydrogen) atoms. The van der Waals surface area contributed by atoms with E-state index < -0.39 is 0 Å². The van der Waals surface area contributed by atoms with Crippen molar-refractivity contribution in [3.8, 4) is 0 Å². The predicted molar refractivity (Wildman–Crippen MR) is 219 cm³/mol. The summed E-state index contributed by atoms with van der Waals surface area (Å²) in [6, 6.07) is 1.83. The van der Waals surface area contributed by atoms with Gasteiger partial charge < -0.3 is 10.0 Å². The SMILES string of the molecule is CC(C)CCC[C@@H](C)[C@H]1CC[C@H]2[C@@H]3CC=C4C[C@@H](O)CC[C@]4(C)[C@H]3CC[C@]12C.CC1(C)CC(=O)N(CCCCN2CCN(c3ncccn3)CC2)C(=O)C1. The molecule has 0 unspecified atom stereocenters. The van der Waals surface area contributed by atoms with Gasteiger partial charge in [0.2, 0.25) is 17.8 Å². The zero-order valence-corrected chi connectivity index (χ0v) is 35.2. The number of allylic oxidation sites excluding steroid dienone is 1. The number of carbonyl (C=O) groups is 2. The fraction of sp³-hybridized carbons (Fsp3) is 0.826. The molecule has 8 heteroatoms. The topological polar surface area (TPSA) is 89.9 Å². The van der Waals surface area contributed by atoms with E-state index in [0.717, 1.165) is 99.9 Å². The number of piperazine rings is 1. The summed E-state index contributed by atoms with van der Waals surface area (Å²) in [6.07, 6.45) is 23.5. The molecule has 0 radical (unpaired) electrons. The van der Waals surface area contributed by atoms with Crippen LogP contribution in [0.15, 0.2) is 30.1 Å². The van der Waals surface area contributed by atoms with Crippen LogP contribution in [0, 0.1) is 51.8 Å². The predicted octanol–water partition coefficient (Wildman–Crippen LogP) is 8.94. The molecule has 1 N–H and O–H groups in total. The van der Waals surface area contributed by atoms with E-state index >= 15 is 0 Å². The Hall–Kier alpha value is -2.32. The fourth-order valence-electron chi connectivity index (χ4n) is 12.4. The monoisotopic (exact) mass is 746 g/mol. The number of rotatable bonds is 11. The molecule has 2 saturated heterocycles. The zero-order chi connectivity index (χ0) is 38.7. The van der Waals surface area contributed by atoms with Gasteiger partial charge in [-0.1, -0.05) is 79.4 Å². The number of hydrogen-bond donors (Lipinski definition) is 1. The average molecular weight is 746 g/mol. The molecule has 2 amide bonds. The van der Waals surface area contributed by atoms with Gasteiger partial charge in [0, 0.05) is 58.0 Å². The standard InChI is InChI=1S/C27H46O.C19H29N5O2/c1-18(2)7-6-8-19(3)23-11-12-24-22-10-9-20-17-21(28)13-15-26(20,4)25(22)14-16-27(23,24)5;1-19(2)14-16(25)24(17(26)15-19)9-4-3-8-22-10-12-23(13-11-22)18-20-6-5-7-21-18/h9,18-19,21-25,28H,6-8,10-17H2,1-5H3;5-7H,3-4,8-15H2,1-2H3/t19-,21+,22+,23-,24+,25+,26+,27-;/m1./s1. The molecule has 8 nitrogen and oxygen atoms in total. The van der Waals surface area contributed by atoms with Crippen molar-refractivity contribution >= 4 is 17.8 Å². The summed E-state index contributed by atoms with van der Waals surface area (Å²) in [4.78, 5) is 39.1. The molecule has 0 spiro atoms. The van der Waals surface area contributed by atoms with Gasteiger partial charge in [-0.2, -0.15) is 0 Å². The minimum atomic E-state index is -0.188. The van der Waals surface area contributed by atoms with Gasteiger partial charge in [0.15, 0.2) is 0 Å². The Morgan fingerprint density at radius 1 is 0.815 bits per heavy atom. The third-order valence-electron chi connectivity index (χ3n) is 15.5. The third-order valence-corrected chi connectivity index (χ3v) is 15.5. The van der Waals surface area contributed by atoms with Crippen molar-refractivity contribution in [2.24, 2.45) is 51.8 Å². The maximum atomic E-state index is 12.2. The van der Waals surface area contributed by atoms with Crippen molar-refractivity contribution in [2.75, 3.05) is 44.2 Å². The van der Waals surface area contributed by atoms with E-state index in [4.69, 9.17) is 0 Å². The van der Waals surface area contributed by atoms with Crippen LogP contribution in [0.2, 0.25) is 0 Å². The minimum Gasteiger partial charge on any atom is -0.393 e. The zero-order valence-electron chi connectivity index (χ0n) is 35.2. The van der Waals surface area contributed by atoms with E-state index in [1.54, 1.807) is 18.0 Å². The molecule has 3 saturated carbocycles. The van der Waals surface area contributed by atoms with Crippen molar-refractivity contribution in [3.05, 3.63) is 30.1 Å². The quantitative estimate of drug-likeness (QED) is 0.138. The molecule has 4 aliphatic carbocycles. The highest BCUT2D eigenvalue weighted by molar-refractivity contribution is 5.98. The largest absolute Gasteiger partial charge is 0.393 e. The number of aromatic nitrogens is 2. The third kappa shape index (κ3) is 9.27. The van der Waals surface area contributed by atoms with Gasteiger partial charge >= 0.3 is 0 Å². The van der Waals surface area contributed by atoms with Crippen LogP contribution < -0.4 is 4.90 Å². The number of carbonyl (C=O) groups excluding carboxylic acids is 2. The highest BCUT2D eigenvalue weighted by Gasteiger charge is 2.59. The molecule has 8 atom stereocenters. The number of likely N-dealkylation sites (tertiary alicyclic amines) is 1. The molecule has 5 fully saturated rings. The summed E-state index contributed by atoms with van der Waals surface area (Å²) in [5.74, 6) is 6.24. The van der Waals surface area contributed by atoms with E-state index in [0.29, 0.717) is 30.2 Å². The van der Waals surface area contributed by atoms with Gasteiger partial charge in [-0.3, -0.25) is 19.4 Å². The summed E-state index contributed by atoms with van der Waals surface area (Å²) in [6.45, 7) is 22.0. The number of unbranched alkanes of at least 4 members (excludes halogenated alkanes) is 1. The van der Waals surface area contributed by atoms with Crippen LogP contribution >= 0.6 is 0 Å². The number of nitrogens with zero attached hydrogens (tertiary/aromatic N) is 5. The van der Waals surface area contributed by atoms with E-state index in [1.807, 2.05) is 19.9 Å². The highest BCUT2D eigenvalue weighted by atomic mass is 16.3. The summed E-state index contributed by atoms with van der Waals surface area (Å²) in [5, 5.41) is 10.2. The van der Waals surface area contributed by atoms with E-state index in [9.17, 15) is 14.7 Å². The number of imide groups is 1. The average Bonchev–Trinajstić information content (AvgIpc) is 3.49. The van der Waals surface area contributed by atoms with E-state index in [1.165, 1.54) is 62.7 Å². The van der Waals surface area contributed by atoms with Crippen molar-refractivity contribution in [1.82, 2.24) is 19.8 Å². The summed E-state index contributed by atoms with van der Waals surface area (Å²) < 4.78 is 0. The van der Waals surface area contributed by atoms with Crippen LogP contribution in [0.4, 0.5) is 5.95 Å². The van der Waals surface area contributed by atoms with Gasteiger partial charge in [0.1, 0.15) is 0 Å². The molecule has 7 rings (SSSR count). The summed E-state index contributed by atoms with van der Waals surface area (Å²) in [5.41, 5.74) is 2.42. The Morgan fingerprint density at radius 3 is 2.19 bits per heavy atom. The highest BCUT2D eigenvalue weighted by Crippen LogP contribution is 2.67. The first kappa shape index (κ1) is 41.3. The normalized spacial score (nSPS) is 34.4. The number of fused-ring (bicyclic) bond motifs is 5. The van der Waals surface area contributed by atoms with Gasteiger partial charge in [-0.05, 0) is 129 Å². The lowest BCUT2D eigenvalue weighted by molar-refractivity contribution is -0.152. The van der Waals surface area contributed by atoms with Crippen molar-refractivity contribution in [1.29, 1.82) is 0 Å². The number of anilines is 1. The molecule has 2 aliphatic heterocycles. The molecular formula is C46H75N5O3. The van der Waals surface area contributed by atoms with Crippen molar-refractivity contribution in [2.45, 2.75) is 151 Å². The van der Waals surface area contributed by atoms with Gasteiger partial charge in [-0.25, -0.2) is 9.97 Å². The van der Waals surface area contributed by atoms with E-state index in [-0.39, 0.29) is 23.3 Å². The second-order valence-electron chi connectivity index (χ2n) is 20.2. The van der Waals surface area contributed by atoms with E-state index in [2.05, 4.69) is 60.5 Å². The second-order valence-corrected chi connectivity index (χ2v) is 20.2. The Kier molecular flexibility index (Phi) is 13.3. The Balaban J connectivity index is 0.000000185. The molecule has 1 aromatic rings. The van der Waals surface area contributed by atoms with Gasteiger partial charge in [0.25, 0.3) is 0 Å². The Labute approximate surface area is 328 Å². The van der Waals surface area contributed by atoms with Crippen LogP contribution in [0.3, 0.4) is 0 Å². The van der Waals surface area contributed by atoms with Crippen LogP contribution in [0.25, 0.3) is 0 Å². The second kappa shape index (κ2) is 17.4. The van der Waals surface area contributed by atoms with Crippen molar-refractivity contribution in [3.63, 3.8) is 0 Å². The molecule has 1 aromatic heterocycles. The molecule has 3 heterocycles. The first-order valence-corrected chi connectivity index (χ1v) is 22.2. The molecule has 6 aliphatic rings. The number of aliphatic hydroxyl groups is 1. The fourth-order valence-corrected chi connectivity index (χ4v) is 12.4. The molecule has 0 bridgehead atoms. The lowest BCUT2D eigenvalue weighted by Crippen LogP contribution is -2.50. The van der Waals surface area contributed by atoms with Crippen LogP contribution in [0.1, 0.15) is 145 Å². The first-order chi connectivity index (χ1) is 25.7. The number of hydrogen-bond acceptors (Lipinski definition) is 7. The number of piperidine rings is 1. The van der Waals surface area contributed by atoms with Crippen LogP contribution in [-0.2, 0) is 9.59 Å². The summed E-state index contributed by atoms with van der Waals surface area (Å²) >= 11 is 0. The minimum absolute atomic E-state index is 0.0114. The maximum absolute atomic E-state index is 12.2. The Bertz CT molecular complexity index is 1420. The van der Waals surface area contributed by atoms with Crippen LogP contribution in [0.5, 0.6) is 0 Å². The lowest BCUT2D eigenvalue weighted by atomic mass is 9.47. The number of amides is 2. The van der Waals surface area contributed by atoms with Gasteiger partial charge in [-0.15, -0.1) is 0 Å². The molecular weight excluding hydrogens is 671 g/mol. The molecule has 0 aromatic carbocycles. The molecule has 302 valence electrons. The lowest BCUT2D eigenvalue weighted by Gasteiger charge is -2.58. The maximum Gasteiger partial charge on any atom is 0.229 e. The Morgan fingerprint density at radius 2 is 1.50 bits per heavy atom. The van der Waals surface area contributed by atoms with Gasteiger partial charge in [0.05, 0.1) is 6.10 Å². The summed E-state index contributed by atoms with van der Waals surface area (Å²) in [7, 11) is 0. The smallest absolute Gasteiger partial charge is 0.229 e.